The fourth-order valence-corrected chi connectivity index (χ4v) is 14.1. The van der Waals surface area contributed by atoms with Crippen LogP contribution >= 0.6 is 11.3 Å². The highest BCUT2D eigenvalue weighted by Gasteiger charge is 2.50. The monoisotopic (exact) mass is 710 g/mol. The molecule has 1 saturated carbocycles. The van der Waals surface area contributed by atoms with Crippen molar-refractivity contribution in [2.75, 3.05) is 18.5 Å². The minimum absolute atomic E-state index is 0.00948. The maximum Gasteiger partial charge on any atom is 0.263 e. The quantitative estimate of drug-likeness (QED) is 0.162. The van der Waals surface area contributed by atoms with E-state index in [0.717, 1.165) is 75.1 Å². The standard InChI is InChI=1S/C43H46N4O2SSi/c1-28-25-45-40-39-34-20-22-36(47-37(34)23-24-38(39)50-41(40)42(48)46-28)31-19-21-35(44-26-31)30-17-15-29(16-18-30)27-49-51(43(2,3)4,32-11-7-5-8-12-32)33-13-9-6-10-14-33/h5-14,19-24,26,28-30,45H,15-18,25,27H2,1-4H3,(H,46,48)/t28-,29?,30?/m1/s1. The van der Waals surface area contributed by atoms with Crippen LogP contribution in [0.1, 0.15) is 74.7 Å². The largest absolute Gasteiger partial charge is 0.407 e. The lowest BCUT2D eigenvalue weighted by Crippen LogP contribution is -2.66. The highest BCUT2D eigenvalue weighted by molar-refractivity contribution is 7.21. The number of carbonyl (C=O) groups is 1. The molecule has 3 aromatic carbocycles. The molecule has 1 fully saturated rings. The molecule has 8 rings (SSSR count). The van der Waals surface area contributed by atoms with Crippen LogP contribution in [-0.4, -0.2) is 43.4 Å². The van der Waals surface area contributed by atoms with E-state index < -0.39 is 8.32 Å². The predicted octanol–water partition coefficient (Wildman–Crippen LogP) is 8.91. The molecule has 0 saturated heterocycles. The van der Waals surface area contributed by atoms with Crippen molar-refractivity contribution in [2.24, 2.45) is 5.92 Å². The first-order valence-electron chi connectivity index (χ1n) is 18.3. The van der Waals surface area contributed by atoms with Crippen LogP contribution in [0.4, 0.5) is 5.69 Å². The second kappa shape index (κ2) is 13.6. The fraction of sp³-hybridized carbons (Fsp3) is 0.326. The van der Waals surface area contributed by atoms with Gasteiger partial charge in [0.25, 0.3) is 14.2 Å². The van der Waals surface area contributed by atoms with Crippen molar-refractivity contribution in [3.8, 4) is 11.3 Å². The van der Waals surface area contributed by atoms with Crippen LogP contribution in [0.5, 0.6) is 0 Å². The van der Waals surface area contributed by atoms with Crippen molar-refractivity contribution in [3.05, 3.63) is 114 Å². The van der Waals surface area contributed by atoms with Crippen LogP contribution in [0, 0.1) is 5.92 Å². The van der Waals surface area contributed by atoms with Crippen molar-refractivity contribution in [3.63, 3.8) is 0 Å². The molecule has 0 radical (unpaired) electrons. The zero-order valence-corrected chi connectivity index (χ0v) is 31.7. The van der Waals surface area contributed by atoms with Crippen molar-refractivity contribution in [2.45, 2.75) is 70.4 Å². The van der Waals surface area contributed by atoms with Crippen LogP contribution in [0.25, 0.3) is 32.2 Å². The predicted molar refractivity (Wildman–Crippen MR) is 214 cm³/mol. The Balaban J connectivity index is 0.962. The van der Waals surface area contributed by atoms with Crippen molar-refractivity contribution < 1.29 is 9.22 Å². The summed E-state index contributed by atoms with van der Waals surface area (Å²) in [6, 6.07) is 34.8. The van der Waals surface area contributed by atoms with E-state index >= 15 is 0 Å². The molecule has 0 unspecified atom stereocenters. The minimum atomic E-state index is -2.53. The van der Waals surface area contributed by atoms with E-state index in [4.69, 9.17) is 14.4 Å². The number of nitrogens with one attached hydrogen (secondary N) is 2. The van der Waals surface area contributed by atoms with Gasteiger partial charge in [0.2, 0.25) is 0 Å². The number of pyridine rings is 2. The molecule has 1 atom stereocenters. The van der Waals surface area contributed by atoms with Crippen LogP contribution in [0.2, 0.25) is 5.04 Å². The van der Waals surface area contributed by atoms with Crippen molar-refractivity contribution in [1.82, 2.24) is 15.3 Å². The molecule has 3 aromatic heterocycles. The molecule has 1 aliphatic heterocycles. The lowest BCUT2D eigenvalue weighted by atomic mass is 9.80. The molecule has 1 aliphatic carbocycles. The molecule has 2 aliphatic rings. The maximum absolute atomic E-state index is 12.8. The van der Waals surface area contributed by atoms with Crippen molar-refractivity contribution in [1.29, 1.82) is 0 Å². The zero-order valence-electron chi connectivity index (χ0n) is 29.9. The Hall–Kier alpha value is -4.37. The van der Waals surface area contributed by atoms with Gasteiger partial charge >= 0.3 is 0 Å². The molecule has 6 aromatic rings. The summed E-state index contributed by atoms with van der Waals surface area (Å²) in [6.07, 6.45) is 6.54. The molecular formula is C43H46N4O2SSi. The summed E-state index contributed by atoms with van der Waals surface area (Å²) >= 11 is 1.54. The van der Waals surface area contributed by atoms with Gasteiger partial charge in [0.05, 0.1) is 16.9 Å². The number of amides is 1. The molecule has 8 heteroatoms. The fourth-order valence-electron chi connectivity index (χ4n) is 8.31. The van der Waals surface area contributed by atoms with Crippen LogP contribution in [-0.2, 0) is 4.43 Å². The number of rotatable bonds is 7. The van der Waals surface area contributed by atoms with E-state index in [0.29, 0.717) is 18.4 Å². The summed E-state index contributed by atoms with van der Waals surface area (Å²) < 4.78 is 8.39. The lowest BCUT2D eigenvalue weighted by Gasteiger charge is -2.44. The highest BCUT2D eigenvalue weighted by Crippen LogP contribution is 2.42. The first kappa shape index (κ1) is 33.8. The Morgan fingerprint density at radius 2 is 1.57 bits per heavy atom. The van der Waals surface area contributed by atoms with Gasteiger partial charge in [-0.3, -0.25) is 9.78 Å². The van der Waals surface area contributed by atoms with Gasteiger partial charge in [-0.1, -0.05) is 81.4 Å². The third-order valence-corrected chi connectivity index (χ3v) is 17.1. The van der Waals surface area contributed by atoms with Gasteiger partial charge in [-0.25, -0.2) is 4.98 Å². The van der Waals surface area contributed by atoms with Crippen LogP contribution in [0.3, 0.4) is 0 Å². The molecule has 51 heavy (non-hydrogen) atoms. The summed E-state index contributed by atoms with van der Waals surface area (Å²) in [7, 11) is -2.53. The number of thiophene rings is 1. The van der Waals surface area contributed by atoms with Gasteiger partial charge in [-0.05, 0) is 90.3 Å². The summed E-state index contributed by atoms with van der Waals surface area (Å²) in [5.41, 5.74) is 4.94. The number of nitrogens with zero attached hydrogens (tertiary/aromatic N) is 2. The summed E-state index contributed by atoms with van der Waals surface area (Å²) in [6.45, 7) is 10.6. The Morgan fingerprint density at radius 1 is 0.863 bits per heavy atom. The number of hydrogen-bond donors (Lipinski definition) is 2. The van der Waals surface area contributed by atoms with Gasteiger partial charge < -0.3 is 15.1 Å². The van der Waals surface area contributed by atoms with E-state index in [1.54, 1.807) is 0 Å². The van der Waals surface area contributed by atoms with Gasteiger partial charge in [0.1, 0.15) is 4.88 Å². The number of fused-ring (bicyclic) bond motifs is 5. The van der Waals surface area contributed by atoms with E-state index in [-0.39, 0.29) is 17.0 Å². The van der Waals surface area contributed by atoms with Crippen molar-refractivity contribution >= 4 is 62.6 Å². The normalized spacial score (nSPS) is 19.7. The average molecular weight is 711 g/mol. The zero-order chi connectivity index (χ0) is 35.2. The highest BCUT2D eigenvalue weighted by atomic mass is 32.1. The molecular weight excluding hydrogens is 665 g/mol. The number of anilines is 1. The molecule has 4 heterocycles. The van der Waals surface area contributed by atoms with E-state index in [1.165, 1.54) is 27.4 Å². The SMILES string of the molecule is C[C@@H]1CNc2c(sc3ccc4nc(-c5ccc(C6CCC(CO[Si](c7ccccc7)(c7ccccc7)C(C)(C)C)CC6)nc5)ccc4c23)C(=O)N1. The molecule has 0 bridgehead atoms. The first-order chi connectivity index (χ1) is 24.7. The lowest BCUT2D eigenvalue weighted by molar-refractivity contribution is 0.0949. The molecule has 0 spiro atoms. The van der Waals surface area contributed by atoms with Gasteiger partial charge in [0.15, 0.2) is 0 Å². The Labute approximate surface area is 305 Å². The smallest absolute Gasteiger partial charge is 0.263 e. The van der Waals surface area contributed by atoms with Gasteiger partial charge in [0, 0.05) is 58.0 Å². The second-order valence-corrected chi connectivity index (χ2v) is 20.8. The Morgan fingerprint density at radius 3 is 2.22 bits per heavy atom. The topological polar surface area (TPSA) is 76.1 Å². The summed E-state index contributed by atoms with van der Waals surface area (Å²) in [5, 5.41) is 11.4. The second-order valence-electron chi connectivity index (χ2n) is 15.4. The molecule has 260 valence electrons. The maximum atomic E-state index is 12.8. The van der Waals surface area contributed by atoms with Crippen LogP contribution < -0.4 is 21.0 Å². The average Bonchev–Trinajstić information content (AvgIpc) is 3.47. The number of aromatic nitrogens is 2. The summed E-state index contributed by atoms with van der Waals surface area (Å²) in [5.74, 6) is 0.994. The third-order valence-electron chi connectivity index (χ3n) is 11.0. The van der Waals surface area contributed by atoms with Gasteiger partial charge in [-0.2, -0.15) is 0 Å². The molecule has 6 nitrogen and oxygen atoms in total. The first-order valence-corrected chi connectivity index (χ1v) is 21.1. The van der Waals surface area contributed by atoms with Crippen LogP contribution in [0.15, 0.2) is 103 Å². The molecule has 2 N–H and O–H groups in total. The number of hydrogen-bond acceptors (Lipinski definition) is 6. The van der Waals surface area contributed by atoms with E-state index in [1.807, 2.05) is 13.1 Å². The number of benzene rings is 3. The Bertz CT molecular complexity index is 2130. The van der Waals surface area contributed by atoms with Gasteiger partial charge in [-0.15, -0.1) is 11.3 Å². The van der Waals surface area contributed by atoms with E-state index in [2.05, 4.69) is 128 Å². The number of carbonyl (C=O) groups excluding carboxylic acids is 1. The minimum Gasteiger partial charge on any atom is -0.407 e. The summed E-state index contributed by atoms with van der Waals surface area (Å²) in [4.78, 5) is 23.6. The Kier molecular flexibility index (Phi) is 9.03. The third kappa shape index (κ3) is 6.28. The molecule has 1 amide bonds. The van der Waals surface area contributed by atoms with E-state index in [9.17, 15) is 4.79 Å².